The van der Waals surface area contributed by atoms with Gasteiger partial charge >= 0.3 is 0 Å². The maximum Gasteiger partial charge on any atom is 0.251 e. The summed E-state index contributed by atoms with van der Waals surface area (Å²) in [4.78, 5) is 12.8. The fraction of sp³-hybridized carbons (Fsp3) is 0.409. The first-order valence-electron chi connectivity index (χ1n) is 9.99. The molecule has 0 atom stereocenters. The number of carbonyl (C=O) groups excluding carboxylic acids is 1. The number of nitrogens with one attached hydrogen (secondary N) is 1. The summed E-state index contributed by atoms with van der Waals surface area (Å²) in [6.45, 7) is 7.37. The second kappa shape index (κ2) is 9.59. The van der Waals surface area contributed by atoms with Crippen LogP contribution in [-0.4, -0.2) is 51.0 Å². The normalized spacial score (nSPS) is 15.2. The lowest BCUT2D eigenvalue weighted by atomic mass is 10.1. The summed E-state index contributed by atoms with van der Waals surface area (Å²) >= 11 is 0. The molecule has 8 heteroatoms. The van der Waals surface area contributed by atoms with Gasteiger partial charge in [-0.05, 0) is 56.2 Å². The van der Waals surface area contributed by atoms with Crippen molar-refractivity contribution in [3.05, 3.63) is 59.2 Å². The molecule has 1 saturated heterocycles. The standard InChI is InChI=1S/C22H28N2O5S/c1-16(2)29-20-8-5-18(6-9-20)15-23-22(25)19-7-4-17(3)21(14-19)30(26,27)24-10-12-28-13-11-24/h4-9,14,16H,10-13,15H2,1-3H3,(H,23,25). The number of amides is 1. The third-order valence-corrected chi connectivity index (χ3v) is 6.83. The number of carbonyl (C=O) groups is 1. The van der Waals surface area contributed by atoms with E-state index in [0.29, 0.717) is 44.0 Å². The van der Waals surface area contributed by atoms with Gasteiger partial charge in [0.1, 0.15) is 5.75 Å². The Morgan fingerprint density at radius 1 is 1.13 bits per heavy atom. The van der Waals surface area contributed by atoms with E-state index in [1.54, 1.807) is 19.1 Å². The van der Waals surface area contributed by atoms with Gasteiger partial charge in [0.15, 0.2) is 0 Å². The average Bonchev–Trinajstić information content (AvgIpc) is 2.73. The van der Waals surface area contributed by atoms with Gasteiger partial charge in [-0.25, -0.2) is 8.42 Å². The number of aryl methyl sites for hydroxylation is 1. The molecule has 1 aliphatic rings. The molecule has 1 aliphatic heterocycles. The van der Waals surface area contributed by atoms with Gasteiger partial charge in [-0.3, -0.25) is 4.79 Å². The molecule has 1 N–H and O–H groups in total. The van der Waals surface area contributed by atoms with Crippen molar-refractivity contribution in [2.24, 2.45) is 0 Å². The summed E-state index contributed by atoms with van der Waals surface area (Å²) < 4.78 is 38.3. The van der Waals surface area contributed by atoms with E-state index in [1.165, 1.54) is 10.4 Å². The average molecular weight is 433 g/mol. The smallest absolute Gasteiger partial charge is 0.251 e. The Labute approximate surface area is 178 Å². The largest absolute Gasteiger partial charge is 0.491 e. The molecule has 0 unspecified atom stereocenters. The summed E-state index contributed by atoms with van der Waals surface area (Å²) in [6, 6.07) is 12.3. The van der Waals surface area contributed by atoms with Gasteiger partial charge < -0.3 is 14.8 Å². The molecule has 2 aromatic rings. The molecule has 2 aromatic carbocycles. The summed E-state index contributed by atoms with van der Waals surface area (Å²) in [5, 5.41) is 2.84. The van der Waals surface area contributed by atoms with E-state index in [9.17, 15) is 13.2 Å². The third kappa shape index (κ3) is 5.38. The van der Waals surface area contributed by atoms with Crippen LogP contribution in [0.3, 0.4) is 0 Å². The SMILES string of the molecule is Cc1ccc(C(=O)NCc2ccc(OC(C)C)cc2)cc1S(=O)(=O)N1CCOCC1. The van der Waals surface area contributed by atoms with Crippen LogP contribution in [-0.2, 0) is 21.3 Å². The van der Waals surface area contributed by atoms with Crippen molar-refractivity contribution in [1.82, 2.24) is 9.62 Å². The Kier molecular flexibility index (Phi) is 7.12. The Morgan fingerprint density at radius 3 is 2.43 bits per heavy atom. The predicted molar refractivity (Wildman–Crippen MR) is 114 cm³/mol. The molecule has 7 nitrogen and oxygen atoms in total. The molecule has 0 saturated carbocycles. The van der Waals surface area contributed by atoms with Crippen LogP contribution in [0.1, 0.15) is 35.3 Å². The van der Waals surface area contributed by atoms with Gasteiger partial charge in [0.25, 0.3) is 5.91 Å². The molecule has 30 heavy (non-hydrogen) atoms. The van der Waals surface area contributed by atoms with E-state index < -0.39 is 10.0 Å². The second-order valence-electron chi connectivity index (χ2n) is 7.49. The predicted octanol–water partition coefficient (Wildman–Crippen LogP) is 2.73. The second-order valence-corrected chi connectivity index (χ2v) is 9.40. The number of sulfonamides is 1. The first-order valence-corrected chi connectivity index (χ1v) is 11.4. The highest BCUT2D eigenvalue weighted by molar-refractivity contribution is 7.89. The zero-order valence-electron chi connectivity index (χ0n) is 17.6. The van der Waals surface area contributed by atoms with Gasteiger partial charge in [0, 0.05) is 25.2 Å². The fourth-order valence-electron chi connectivity index (χ4n) is 3.19. The minimum atomic E-state index is -3.67. The van der Waals surface area contributed by atoms with Crippen molar-refractivity contribution in [2.45, 2.75) is 38.3 Å². The van der Waals surface area contributed by atoms with Crippen molar-refractivity contribution < 1.29 is 22.7 Å². The van der Waals surface area contributed by atoms with Crippen molar-refractivity contribution >= 4 is 15.9 Å². The number of hydrogen-bond donors (Lipinski definition) is 1. The molecule has 162 valence electrons. The van der Waals surface area contributed by atoms with E-state index in [2.05, 4.69) is 5.32 Å². The van der Waals surface area contributed by atoms with Crippen molar-refractivity contribution in [1.29, 1.82) is 0 Å². The highest BCUT2D eigenvalue weighted by Crippen LogP contribution is 2.22. The molecule has 1 fully saturated rings. The van der Waals surface area contributed by atoms with Crippen LogP contribution in [0.2, 0.25) is 0 Å². The number of morpholine rings is 1. The van der Waals surface area contributed by atoms with Gasteiger partial charge in [0.2, 0.25) is 10.0 Å². The number of ether oxygens (including phenoxy) is 2. The summed E-state index contributed by atoms with van der Waals surface area (Å²) in [5.74, 6) is 0.451. The highest BCUT2D eigenvalue weighted by atomic mass is 32.2. The summed E-state index contributed by atoms with van der Waals surface area (Å²) in [7, 11) is -3.67. The lowest BCUT2D eigenvalue weighted by Gasteiger charge is -2.26. The van der Waals surface area contributed by atoms with Crippen LogP contribution < -0.4 is 10.1 Å². The molecule has 1 amide bonds. The van der Waals surface area contributed by atoms with Crippen LogP contribution in [0.25, 0.3) is 0 Å². The Bertz CT molecular complexity index is 981. The molecule has 1 heterocycles. The molecule has 0 radical (unpaired) electrons. The van der Waals surface area contributed by atoms with E-state index in [0.717, 1.165) is 11.3 Å². The van der Waals surface area contributed by atoms with Crippen LogP contribution in [0.15, 0.2) is 47.4 Å². The number of rotatable bonds is 7. The van der Waals surface area contributed by atoms with Gasteiger partial charge in [0.05, 0.1) is 24.2 Å². The highest BCUT2D eigenvalue weighted by Gasteiger charge is 2.28. The summed E-state index contributed by atoms with van der Waals surface area (Å²) in [6.07, 6.45) is 0.0972. The fourth-order valence-corrected chi connectivity index (χ4v) is 4.85. The third-order valence-electron chi connectivity index (χ3n) is 4.79. The minimum absolute atomic E-state index is 0.0972. The Balaban J connectivity index is 1.70. The van der Waals surface area contributed by atoms with Gasteiger partial charge in [-0.2, -0.15) is 4.31 Å². The zero-order chi connectivity index (χ0) is 21.7. The topological polar surface area (TPSA) is 84.9 Å². The minimum Gasteiger partial charge on any atom is -0.491 e. The van der Waals surface area contributed by atoms with Crippen LogP contribution >= 0.6 is 0 Å². The number of nitrogens with zero attached hydrogens (tertiary/aromatic N) is 1. The van der Waals surface area contributed by atoms with Crippen molar-refractivity contribution in [3.63, 3.8) is 0 Å². The van der Waals surface area contributed by atoms with E-state index in [4.69, 9.17) is 9.47 Å². The zero-order valence-corrected chi connectivity index (χ0v) is 18.4. The maximum atomic E-state index is 13.0. The molecule has 0 aromatic heterocycles. The van der Waals surface area contributed by atoms with E-state index in [-0.39, 0.29) is 16.9 Å². The first-order chi connectivity index (χ1) is 14.3. The Morgan fingerprint density at radius 2 is 1.80 bits per heavy atom. The molecule has 0 spiro atoms. The quantitative estimate of drug-likeness (QED) is 0.727. The Hall–Kier alpha value is -2.42. The van der Waals surface area contributed by atoms with Crippen molar-refractivity contribution in [2.75, 3.05) is 26.3 Å². The lowest BCUT2D eigenvalue weighted by Crippen LogP contribution is -2.41. The van der Waals surface area contributed by atoms with Crippen LogP contribution in [0, 0.1) is 6.92 Å². The van der Waals surface area contributed by atoms with Gasteiger partial charge in [-0.15, -0.1) is 0 Å². The lowest BCUT2D eigenvalue weighted by molar-refractivity contribution is 0.0730. The molecule has 3 rings (SSSR count). The van der Waals surface area contributed by atoms with Crippen LogP contribution in [0.5, 0.6) is 5.75 Å². The van der Waals surface area contributed by atoms with Crippen molar-refractivity contribution in [3.8, 4) is 5.75 Å². The number of hydrogen-bond acceptors (Lipinski definition) is 5. The maximum absolute atomic E-state index is 13.0. The van der Waals surface area contributed by atoms with Crippen LogP contribution in [0.4, 0.5) is 0 Å². The number of benzene rings is 2. The molecular formula is C22H28N2O5S. The van der Waals surface area contributed by atoms with E-state index >= 15 is 0 Å². The molecular weight excluding hydrogens is 404 g/mol. The molecule has 0 bridgehead atoms. The van der Waals surface area contributed by atoms with E-state index in [1.807, 2.05) is 38.1 Å². The first kappa shape index (κ1) is 22.3. The summed E-state index contributed by atoms with van der Waals surface area (Å²) in [5.41, 5.74) is 1.85. The monoisotopic (exact) mass is 432 g/mol. The van der Waals surface area contributed by atoms with Gasteiger partial charge in [-0.1, -0.05) is 18.2 Å². The molecule has 0 aliphatic carbocycles.